The fourth-order valence-electron chi connectivity index (χ4n) is 3.74. The van der Waals surface area contributed by atoms with Gasteiger partial charge in [-0.3, -0.25) is 9.69 Å². The van der Waals surface area contributed by atoms with Crippen molar-refractivity contribution in [2.45, 2.75) is 19.5 Å². The number of aromatic nitrogens is 1. The molecule has 1 aromatic heterocycles. The first-order chi connectivity index (χ1) is 15.1. The molecule has 0 saturated carbocycles. The SMILES string of the molecule is CC(CN1CCOCC1)N(Cc1ccccc1)C(=O)c1cnc(-c2ccccc2F)s1. The van der Waals surface area contributed by atoms with Gasteiger partial charge in [-0.1, -0.05) is 42.5 Å². The fourth-order valence-corrected chi connectivity index (χ4v) is 4.64. The minimum atomic E-state index is -0.335. The standard InChI is InChI=1S/C24H26FN3O2S/c1-18(16-27-11-13-30-14-12-27)28(17-19-7-3-2-4-8-19)24(29)22-15-26-23(31-22)20-9-5-6-10-21(20)25/h2-10,15,18H,11-14,16-17H2,1H3. The smallest absolute Gasteiger partial charge is 0.266 e. The molecule has 1 unspecified atom stereocenters. The summed E-state index contributed by atoms with van der Waals surface area (Å²) in [4.78, 5) is 22.6. The molecule has 0 spiro atoms. The number of benzene rings is 2. The fraction of sp³-hybridized carbons (Fsp3) is 0.333. The average molecular weight is 440 g/mol. The number of ether oxygens (including phenoxy) is 1. The maximum atomic E-state index is 14.2. The number of rotatable bonds is 7. The van der Waals surface area contributed by atoms with Crippen molar-refractivity contribution in [3.63, 3.8) is 0 Å². The van der Waals surface area contributed by atoms with Crippen molar-refractivity contribution in [2.75, 3.05) is 32.8 Å². The molecule has 0 N–H and O–H groups in total. The van der Waals surface area contributed by atoms with Gasteiger partial charge in [0, 0.05) is 37.8 Å². The molecule has 4 rings (SSSR count). The highest BCUT2D eigenvalue weighted by Crippen LogP contribution is 2.28. The molecule has 0 bridgehead atoms. The first-order valence-electron chi connectivity index (χ1n) is 10.5. The summed E-state index contributed by atoms with van der Waals surface area (Å²) >= 11 is 1.23. The molecule has 1 aliphatic rings. The van der Waals surface area contributed by atoms with Gasteiger partial charge in [-0.25, -0.2) is 9.37 Å². The number of carbonyl (C=O) groups is 1. The molecule has 3 aromatic rings. The van der Waals surface area contributed by atoms with Crippen LogP contribution in [-0.2, 0) is 11.3 Å². The third-order valence-corrected chi connectivity index (χ3v) is 6.45. The number of carbonyl (C=O) groups excluding carboxylic acids is 1. The Kier molecular flexibility index (Phi) is 7.06. The highest BCUT2D eigenvalue weighted by molar-refractivity contribution is 7.16. The lowest BCUT2D eigenvalue weighted by Crippen LogP contribution is -2.47. The third kappa shape index (κ3) is 5.36. The van der Waals surface area contributed by atoms with Gasteiger partial charge in [0.05, 0.1) is 19.4 Å². The molecule has 1 atom stereocenters. The molecule has 5 nitrogen and oxygen atoms in total. The van der Waals surface area contributed by atoms with Gasteiger partial charge in [-0.05, 0) is 24.6 Å². The number of thiazole rings is 1. The number of hydrogen-bond acceptors (Lipinski definition) is 5. The number of hydrogen-bond donors (Lipinski definition) is 0. The summed E-state index contributed by atoms with van der Waals surface area (Å²) < 4.78 is 19.6. The molecule has 1 aliphatic heterocycles. The summed E-state index contributed by atoms with van der Waals surface area (Å²) in [6, 6.07) is 16.5. The van der Waals surface area contributed by atoms with E-state index in [1.807, 2.05) is 35.2 Å². The third-order valence-electron chi connectivity index (χ3n) is 5.44. The van der Waals surface area contributed by atoms with Gasteiger partial charge in [0.2, 0.25) is 0 Å². The topological polar surface area (TPSA) is 45.7 Å². The van der Waals surface area contributed by atoms with Crippen LogP contribution in [0.3, 0.4) is 0 Å². The van der Waals surface area contributed by atoms with Crippen molar-refractivity contribution in [2.24, 2.45) is 0 Å². The Bertz CT molecular complexity index is 1000. The van der Waals surface area contributed by atoms with E-state index in [9.17, 15) is 9.18 Å². The van der Waals surface area contributed by atoms with Crippen LogP contribution in [0.2, 0.25) is 0 Å². The largest absolute Gasteiger partial charge is 0.379 e. The monoisotopic (exact) mass is 439 g/mol. The van der Waals surface area contributed by atoms with Crippen LogP contribution in [0.1, 0.15) is 22.2 Å². The molecule has 1 amide bonds. The van der Waals surface area contributed by atoms with Crippen LogP contribution < -0.4 is 0 Å². The lowest BCUT2D eigenvalue weighted by molar-refractivity contribution is 0.0229. The van der Waals surface area contributed by atoms with Crippen molar-refractivity contribution in [1.29, 1.82) is 0 Å². The summed E-state index contributed by atoms with van der Waals surface area (Å²) in [7, 11) is 0. The van der Waals surface area contributed by atoms with Crippen LogP contribution in [-0.4, -0.2) is 59.6 Å². The van der Waals surface area contributed by atoms with Crippen LogP contribution in [0.5, 0.6) is 0 Å². The van der Waals surface area contributed by atoms with Gasteiger partial charge < -0.3 is 9.64 Å². The molecule has 1 fully saturated rings. The van der Waals surface area contributed by atoms with E-state index in [2.05, 4.69) is 16.8 Å². The predicted molar refractivity (Wildman–Crippen MR) is 121 cm³/mol. The summed E-state index contributed by atoms with van der Waals surface area (Å²) in [5.41, 5.74) is 1.49. The quantitative estimate of drug-likeness (QED) is 0.550. The van der Waals surface area contributed by atoms with Gasteiger partial charge in [0.1, 0.15) is 15.7 Å². The van der Waals surface area contributed by atoms with E-state index >= 15 is 0 Å². The maximum Gasteiger partial charge on any atom is 0.266 e. The summed E-state index contributed by atoms with van der Waals surface area (Å²) in [6.07, 6.45) is 1.56. The molecule has 1 saturated heterocycles. The van der Waals surface area contributed by atoms with Crippen molar-refractivity contribution >= 4 is 17.2 Å². The predicted octanol–water partition coefficient (Wildman–Crippen LogP) is 4.31. The zero-order chi connectivity index (χ0) is 21.6. The Balaban J connectivity index is 1.56. The Hall–Kier alpha value is -2.61. The second kappa shape index (κ2) is 10.1. The average Bonchev–Trinajstić information content (AvgIpc) is 3.29. The number of halogens is 1. The minimum Gasteiger partial charge on any atom is -0.379 e. The summed E-state index contributed by atoms with van der Waals surface area (Å²) in [6.45, 7) is 6.56. The van der Waals surface area contributed by atoms with Gasteiger partial charge in [0.15, 0.2) is 0 Å². The summed E-state index contributed by atoms with van der Waals surface area (Å²) in [5, 5.41) is 0.516. The Labute approximate surface area is 186 Å². The van der Waals surface area contributed by atoms with Crippen LogP contribution in [0.15, 0.2) is 60.8 Å². The molecular formula is C24H26FN3O2S. The number of morpholine rings is 1. The lowest BCUT2D eigenvalue weighted by Gasteiger charge is -2.35. The molecule has 0 radical (unpaired) electrons. The van der Waals surface area contributed by atoms with Gasteiger partial charge in [-0.15, -0.1) is 11.3 Å². The van der Waals surface area contributed by atoms with Gasteiger partial charge in [0.25, 0.3) is 5.91 Å². The number of nitrogens with zero attached hydrogens (tertiary/aromatic N) is 3. The lowest BCUT2D eigenvalue weighted by atomic mass is 10.1. The summed E-state index contributed by atoms with van der Waals surface area (Å²) in [5.74, 6) is -0.414. The molecule has 7 heteroatoms. The Morgan fingerprint density at radius 1 is 1.16 bits per heavy atom. The van der Waals surface area contributed by atoms with Crippen molar-refractivity contribution in [3.05, 3.63) is 77.1 Å². The normalized spacial score (nSPS) is 15.5. The number of amides is 1. The van der Waals surface area contributed by atoms with Crippen molar-refractivity contribution in [3.8, 4) is 10.6 Å². The highest BCUT2D eigenvalue weighted by Gasteiger charge is 2.26. The molecule has 0 aliphatic carbocycles. The van der Waals surface area contributed by atoms with E-state index in [-0.39, 0.29) is 17.8 Å². The second-order valence-corrected chi connectivity index (χ2v) is 8.72. The zero-order valence-electron chi connectivity index (χ0n) is 17.5. The second-order valence-electron chi connectivity index (χ2n) is 7.69. The van der Waals surface area contributed by atoms with Crippen LogP contribution in [0, 0.1) is 5.82 Å². The Morgan fingerprint density at radius 2 is 1.87 bits per heavy atom. The van der Waals surface area contributed by atoms with E-state index in [0.29, 0.717) is 22.0 Å². The first-order valence-corrected chi connectivity index (χ1v) is 11.3. The molecule has 31 heavy (non-hydrogen) atoms. The van der Waals surface area contributed by atoms with E-state index in [1.165, 1.54) is 17.4 Å². The first kappa shape index (κ1) is 21.6. The molecule has 2 aromatic carbocycles. The zero-order valence-corrected chi connectivity index (χ0v) is 18.4. The van der Waals surface area contributed by atoms with E-state index in [0.717, 1.165) is 38.4 Å². The van der Waals surface area contributed by atoms with Crippen LogP contribution >= 0.6 is 11.3 Å². The Morgan fingerprint density at radius 3 is 2.61 bits per heavy atom. The van der Waals surface area contributed by atoms with Crippen LogP contribution in [0.4, 0.5) is 4.39 Å². The molecule has 162 valence electrons. The van der Waals surface area contributed by atoms with Crippen LogP contribution in [0.25, 0.3) is 10.6 Å². The highest BCUT2D eigenvalue weighted by atomic mass is 32.1. The molecular weight excluding hydrogens is 413 g/mol. The van der Waals surface area contributed by atoms with Crippen molar-refractivity contribution < 1.29 is 13.9 Å². The van der Waals surface area contributed by atoms with Gasteiger partial charge in [-0.2, -0.15) is 0 Å². The minimum absolute atomic E-state index is 0.00446. The van der Waals surface area contributed by atoms with E-state index < -0.39 is 0 Å². The van der Waals surface area contributed by atoms with Crippen molar-refractivity contribution in [1.82, 2.24) is 14.8 Å². The molecule has 2 heterocycles. The van der Waals surface area contributed by atoms with Gasteiger partial charge >= 0.3 is 0 Å². The maximum absolute atomic E-state index is 14.2. The van der Waals surface area contributed by atoms with E-state index in [1.54, 1.807) is 24.4 Å². The van der Waals surface area contributed by atoms with E-state index in [4.69, 9.17) is 4.74 Å².